The van der Waals surface area contributed by atoms with E-state index >= 15 is 0 Å². The molecular weight excluding hydrogens is 365 g/mol. The van der Waals surface area contributed by atoms with E-state index in [1.54, 1.807) is 0 Å². The molecule has 0 unspecified atom stereocenters. The molecule has 3 aromatic rings. The zero-order valence-corrected chi connectivity index (χ0v) is 16.9. The third-order valence-corrected chi connectivity index (χ3v) is 5.90. The summed E-state index contributed by atoms with van der Waals surface area (Å²) in [5.74, 6) is 2.02. The largest absolute Gasteiger partial charge is 0.461 e. The molecule has 2 aromatic carbocycles. The van der Waals surface area contributed by atoms with E-state index in [0.717, 1.165) is 50.0 Å². The van der Waals surface area contributed by atoms with Crippen molar-refractivity contribution in [1.29, 1.82) is 0 Å². The van der Waals surface area contributed by atoms with Crippen LogP contribution in [0.2, 0.25) is 0 Å². The first-order valence-electron chi connectivity index (χ1n) is 10.7. The fraction of sp³-hybridized carbons (Fsp3) is 0.400. The van der Waals surface area contributed by atoms with Crippen molar-refractivity contribution in [2.24, 2.45) is 5.92 Å². The number of halogens is 1. The quantitative estimate of drug-likeness (QED) is 0.469. The Balaban J connectivity index is 1.33. The van der Waals surface area contributed by atoms with Crippen LogP contribution in [-0.2, 0) is 17.6 Å². The number of benzene rings is 2. The van der Waals surface area contributed by atoms with Gasteiger partial charge in [-0.2, -0.15) is 0 Å². The molecule has 1 heterocycles. The Morgan fingerprint density at radius 3 is 2.72 bits per heavy atom. The molecule has 1 saturated carbocycles. The first kappa shape index (κ1) is 19.7. The molecule has 1 N–H and O–H groups in total. The van der Waals surface area contributed by atoms with Gasteiger partial charge in [-0.25, -0.2) is 4.39 Å². The number of carbonyl (C=O) groups is 1. The topological polar surface area (TPSA) is 42.2 Å². The average molecular weight is 394 g/mol. The summed E-state index contributed by atoms with van der Waals surface area (Å²) in [6.07, 6.45) is 5.63. The molecule has 4 rings (SSSR count). The lowest BCUT2D eigenvalue weighted by Gasteiger charge is -2.04. The van der Waals surface area contributed by atoms with Gasteiger partial charge < -0.3 is 9.73 Å². The molecule has 1 aliphatic rings. The molecule has 0 saturated heterocycles. The van der Waals surface area contributed by atoms with Crippen molar-refractivity contribution in [3.8, 4) is 0 Å². The monoisotopic (exact) mass is 393 g/mol. The maximum Gasteiger partial charge on any atom is 0.219 e. The summed E-state index contributed by atoms with van der Waals surface area (Å²) in [6, 6.07) is 15.3. The van der Waals surface area contributed by atoms with Gasteiger partial charge in [0.05, 0.1) is 0 Å². The molecule has 3 nitrogen and oxygen atoms in total. The smallest absolute Gasteiger partial charge is 0.219 e. The Morgan fingerprint density at radius 1 is 1.14 bits per heavy atom. The molecule has 0 radical (unpaired) electrons. The van der Waals surface area contributed by atoms with Gasteiger partial charge in [-0.1, -0.05) is 31.2 Å². The van der Waals surface area contributed by atoms with Crippen LogP contribution in [0.25, 0.3) is 11.0 Å². The minimum Gasteiger partial charge on any atom is -0.461 e. The Kier molecular flexibility index (Phi) is 5.98. The Labute approximate surface area is 171 Å². The SMILES string of the molecule is CCC(=O)NC[C@@H]1C[C@H]1c1cccc2oc(CCCCc3ccc(F)cc3)cc12. The number of amides is 1. The lowest BCUT2D eigenvalue weighted by Crippen LogP contribution is -2.24. The molecule has 1 amide bonds. The van der Waals surface area contributed by atoms with Gasteiger partial charge in [-0.05, 0) is 72.9 Å². The molecule has 2 atom stereocenters. The number of hydrogen-bond donors (Lipinski definition) is 1. The summed E-state index contributed by atoms with van der Waals surface area (Å²) >= 11 is 0. The van der Waals surface area contributed by atoms with E-state index in [-0.39, 0.29) is 11.7 Å². The van der Waals surface area contributed by atoms with E-state index in [1.165, 1.54) is 28.6 Å². The summed E-state index contributed by atoms with van der Waals surface area (Å²) in [5, 5.41) is 4.23. The molecule has 0 spiro atoms. The minimum atomic E-state index is -0.183. The second kappa shape index (κ2) is 8.81. The third-order valence-electron chi connectivity index (χ3n) is 5.90. The van der Waals surface area contributed by atoms with Gasteiger partial charge in [0.15, 0.2) is 0 Å². The Bertz CT molecular complexity index is 976. The molecule has 1 fully saturated rings. The standard InChI is InChI=1S/C25H28FNO2/c1-2-25(28)27-16-18-14-22(18)21-8-5-9-24-23(21)15-20(29-24)7-4-3-6-17-10-12-19(26)13-11-17/h5,8-13,15,18,22H,2-4,6-7,14,16H2,1H3,(H,27,28)/t18-,22+/m0/s1. The van der Waals surface area contributed by atoms with Crippen LogP contribution in [0.3, 0.4) is 0 Å². The van der Waals surface area contributed by atoms with Gasteiger partial charge in [0, 0.05) is 24.8 Å². The van der Waals surface area contributed by atoms with E-state index in [4.69, 9.17) is 4.42 Å². The van der Waals surface area contributed by atoms with Crippen molar-refractivity contribution in [2.45, 2.75) is 51.4 Å². The zero-order valence-electron chi connectivity index (χ0n) is 16.9. The second-order valence-electron chi connectivity index (χ2n) is 8.07. The van der Waals surface area contributed by atoms with Crippen molar-refractivity contribution in [2.75, 3.05) is 6.54 Å². The van der Waals surface area contributed by atoms with Crippen molar-refractivity contribution in [3.63, 3.8) is 0 Å². The highest BCUT2D eigenvalue weighted by Gasteiger charge is 2.39. The normalized spacial score (nSPS) is 18.1. The average Bonchev–Trinajstić information content (AvgIpc) is 3.39. The fourth-order valence-electron chi connectivity index (χ4n) is 4.09. The van der Waals surface area contributed by atoms with E-state index in [2.05, 4.69) is 23.5 Å². The first-order chi connectivity index (χ1) is 14.1. The summed E-state index contributed by atoms with van der Waals surface area (Å²) in [5.41, 5.74) is 3.48. The number of fused-ring (bicyclic) bond motifs is 1. The van der Waals surface area contributed by atoms with Crippen LogP contribution >= 0.6 is 0 Å². The van der Waals surface area contributed by atoms with Crippen molar-refractivity contribution < 1.29 is 13.6 Å². The third kappa shape index (κ3) is 4.87. The van der Waals surface area contributed by atoms with Gasteiger partial charge in [-0.15, -0.1) is 0 Å². The molecule has 4 heteroatoms. The number of carbonyl (C=O) groups excluding carboxylic acids is 1. The van der Waals surface area contributed by atoms with Crippen molar-refractivity contribution in [3.05, 3.63) is 71.2 Å². The van der Waals surface area contributed by atoms with Crippen LogP contribution in [0, 0.1) is 11.7 Å². The van der Waals surface area contributed by atoms with Gasteiger partial charge >= 0.3 is 0 Å². The van der Waals surface area contributed by atoms with E-state index in [9.17, 15) is 9.18 Å². The number of aryl methyl sites for hydroxylation is 2. The fourth-order valence-corrected chi connectivity index (χ4v) is 4.09. The van der Waals surface area contributed by atoms with Gasteiger partial charge in [0.1, 0.15) is 17.2 Å². The van der Waals surface area contributed by atoms with E-state index in [0.29, 0.717) is 18.3 Å². The van der Waals surface area contributed by atoms with E-state index in [1.807, 2.05) is 25.1 Å². The molecule has 0 aliphatic heterocycles. The maximum absolute atomic E-state index is 13.0. The minimum absolute atomic E-state index is 0.125. The van der Waals surface area contributed by atoms with Crippen molar-refractivity contribution >= 4 is 16.9 Å². The maximum atomic E-state index is 13.0. The predicted octanol–water partition coefficient (Wildman–Crippen LogP) is 5.77. The Morgan fingerprint density at radius 2 is 1.93 bits per heavy atom. The molecule has 29 heavy (non-hydrogen) atoms. The number of nitrogens with one attached hydrogen (secondary N) is 1. The summed E-state index contributed by atoms with van der Waals surface area (Å²) in [6.45, 7) is 2.65. The van der Waals surface area contributed by atoms with Gasteiger partial charge in [0.25, 0.3) is 0 Å². The van der Waals surface area contributed by atoms with Crippen LogP contribution in [0.4, 0.5) is 4.39 Å². The Hall–Kier alpha value is -2.62. The molecule has 1 aromatic heterocycles. The molecule has 0 bridgehead atoms. The van der Waals surface area contributed by atoms with Crippen LogP contribution in [0.1, 0.15) is 55.4 Å². The molecule has 1 aliphatic carbocycles. The lowest BCUT2D eigenvalue weighted by atomic mass is 10.0. The highest BCUT2D eigenvalue weighted by Crippen LogP contribution is 2.49. The first-order valence-corrected chi connectivity index (χ1v) is 10.7. The molecule has 152 valence electrons. The summed E-state index contributed by atoms with van der Waals surface area (Å²) in [7, 11) is 0. The van der Waals surface area contributed by atoms with Gasteiger partial charge in [-0.3, -0.25) is 4.79 Å². The molecular formula is C25H28FNO2. The lowest BCUT2D eigenvalue weighted by molar-refractivity contribution is -0.120. The number of rotatable bonds is 9. The van der Waals surface area contributed by atoms with Gasteiger partial charge in [0.2, 0.25) is 5.91 Å². The zero-order chi connectivity index (χ0) is 20.2. The number of furan rings is 1. The summed E-state index contributed by atoms with van der Waals surface area (Å²) in [4.78, 5) is 11.5. The highest BCUT2D eigenvalue weighted by molar-refractivity contribution is 5.83. The summed E-state index contributed by atoms with van der Waals surface area (Å²) < 4.78 is 19.1. The second-order valence-corrected chi connectivity index (χ2v) is 8.07. The number of unbranched alkanes of at least 4 members (excludes halogenated alkanes) is 1. The van der Waals surface area contributed by atoms with Crippen LogP contribution < -0.4 is 5.32 Å². The van der Waals surface area contributed by atoms with Crippen LogP contribution in [-0.4, -0.2) is 12.5 Å². The predicted molar refractivity (Wildman–Crippen MR) is 113 cm³/mol. The van der Waals surface area contributed by atoms with Crippen molar-refractivity contribution in [1.82, 2.24) is 5.32 Å². The number of hydrogen-bond acceptors (Lipinski definition) is 2. The van der Waals surface area contributed by atoms with Crippen LogP contribution in [0.15, 0.2) is 52.9 Å². The van der Waals surface area contributed by atoms with E-state index < -0.39 is 0 Å². The van der Waals surface area contributed by atoms with Crippen LogP contribution in [0.5, 0.6) is 0 Å². The highest BCUT2D eigenvalue weighted by atomic mass is 19.1.